The van der Waals surface area contributed by atoms with Gasteiger partial charge < -0.3 is 14.9 Å². The van der Waals surface area contributed by atoms with Crippen molar-refractivity contribution in [3.8, 4) is 0 Å². The van der Waals surface area contributed by atoms with E-state index in [1.165, 1.54) is 0 Å². The molecule has 0 bridgehead atoms. The topological polar surface area (TPSA) is 86.0 Å². The Morgan fingerprint density at radius 1 is 1.19 bits per heavy atom. The summed E-state index contributed by atoms with van der Waals surface area (Å²) in [5.74, 6) is 0.481. The van der Waals surface area contributed by atoms with Crippen LogP contribution in [0, 0.1) is 5.92 Å². The summed E-state index contributed by atoms with van der Waals surface area (Å²) in [6.07, 6.45) is 2.17. The lowest BCUT2D eigenvalue weighted by molar-refractivity contribution is 0.0683. The first-order valence-electron chi connectivity index (χ1n) is 7.10. The van der Waals surface area contributed by atoms with E-state index in [-0.39, 0.29) is 5.91 Å². The van der Waals surface area contributed by atoms with Gasteiger partial charge in [-0.05, 0) is 37.0 Å². The Balaban J connectivity index is 1.97. The van der Waals surface area contributed by atoms with Crippen LogP contribution in [0.1, 0.15) is 30.1 Å². The Kier molecular flexibility index (Phi) is 3.37. The zero-order chi connectivity index (χ0) is 15.0. The molecule has 0 aliphatic carbocycles. The summed E-state index contributed by atoms with van der Waals surface area (Å²) in [4.78, 5) is 42.0. The van der Waals surface area contributed by atoms with Gasteiger partial charge in [-0.1, -0.05) is 6.92 Å². The molecule has 1 atom stereocenters. The van der Waals surface area contributed by atoms with Crippen molar-refractivity contribution in [3.63, 3.8) is 0 Å². The van der Waals surface area contributed by atoms with Gasteiger partial charge in [0, 0.05) is 18.7 Å². The number of piperidine rings is 1. The number of aromatic nitrogens is 2. The Morgan fingerprint density at radius 3 is 2.62 bits per heavy atom. The molecule has 2 aromatic rings. The number of amides is 1. The van der Waals surface area contributed by atoms with Crippen LogP contribution >= 0.6 is 0 Å². The van der Waals surface area contributed by atoms with Gasteiger partial charge in [0.05, 0.1) is 11.0 Å². The molecule has 1 aromatic carbocycles. The van der Waals surface area contributed by atoms with Crippen LogP contribution in [-0.4, -0.2) is 33.9 Å². The van der Waals surface area contributed by atoms with Gasteiger partial charge in [-0.25, -0.2) is 0 Å². The van der Waals surface area contributed by atoms with Crippen molar-refractivity contribution >= 4 is 16.9 Å². The van der Waals surface area contributed by atoms with Crippen LogP contribution < -0.4 is 11.1 Å². The van der Waals surface area contributed by atoms with Crippen molar-refractivity contribution < 1.29 is 4.79 Å². The first-order chi connectivity index (χ1) is 10.0. The maximum absolute atomic E-state index is 12.5. The number of hydrogen-bond acceptors (Lipinski definition) is 3. The molecular weight excluding hydrogens is 270 g/mol. The lowest BCUT2D eigenvalue weighted by atomic mass is 9.99. The number of carbonyl (C=O) groups is 1. The molecule has 1 saturated heterocycles. The number of rotatable bonds is 1. The Morgan fingerprint density at radius 2 is 1.90 bits per heavy atom. The van der Waals surface area contributed by atoms with Crippen LogP contribution in [0.3, 0.4) is 0 Å². The first-order valence-corrected chi connectivity index (χ1v) is 7.10. The fourth-order valence-electron chi connectivity index (χ4n) is 2.80. The zero-order valence-electron chi connectivity index (χ0n) is 11.8. The van der Waals surface area contributed by atoms with Gasteiger partial charge >= 0.3 is 11.1 Å². The predicted molar refractivity (Wildman–Crippen MR) is 79.5 cm³/mol. The van der Waals surface area contributed by atoms with Gasteiger partial charge in [-0.3, -0.25) is 14.4 Å². The number of fused-ring (bicyclic) bond motifs is 1. The summed E-state index contributed by atoms with van der Waals surface area (Å²) in [7, 11) is 0. The highest BCUT2D eigenvalue weighted by Crippen LogP contribution is 2.19. The molecule has 1 amide bonds. The second-order valence-electron chi connectivity index (χ2n) is 5.67. The Hall–Kier alpha value is -2.37. The molecule has 1 aliphatic rings. The predicted octanol–water partition coefficient (Wildman–Crippen LogP) is 1.09. The first kappa shape index (κ1) is 13.6. The molecule has 6 nitrogen and oxygen atoms in total. The number of H-pyrrole nitrogens is 2. The van der Waals surface area contributed by atoms with E-state index in [1.807, 2.05) is 4.90 Å². The third kappa shape index (κ3) is 2.61. The molecule has 0 saturated carbocycles. The van der Waals surface area contributed by atoms with E-state index in [1.54, 1.807) is 18.2 Å². The van der Waals surface area contributed by atoms with Gasteiger partial charge in [0.1, 0.15) is 0 Å². The lowest BCUT2D eigenvalue weighted by Gasteiger charge is -2.31. The zero-order valence-corrected chi connectivity index (χ0v) is 11.8. The van der Waals surface area contributed by atoms with E-state index in [2.05, 4.69) is 16.9 Å². The summed E-state index contributed by atoms with van der Waals surface area (Å²) >= 11 is 0. The molecule has 0 radical (unpaired) electrons. The average molecular weight is 287 g/mol. The summed E-state index contributed by atoms with van der Waals surface area (Å²) in [6, 6.07) is 4.94. The normalized spacial score (nSPS) is 18.9. The molecule has 1 aliphatic heterocycles. The molecule has 1 aromatic heterocycles. The minimum atomic E-state index is -0.710. The summed E-state index contributed by atoms with van der Waals surface area (Å²) in [6.45, 7) is 3.67. The van der Waals surface area contributed by atoms with Crippen molar-refractivity contribution in [1.82, 2.24) is 14.9 Å². The number of benzene rings is 1. The smallest absolute Gasteiger partial charge is 0.314 e. The van der Waals surface area contributed by atoms with Crippen LogP contribution in [0.2, 0.25) is 0 Å². The molecule has 2 N–H and O–H groups in total. The number of aromatic amines is 2. The van der Waals surface area contributed by atoms with E-state index < -0.39 is 11.1 Å². The van der Waals surface area contributed by atoms with E-state index in [9.17, 15) is 14.4 Å². The van der Waals surface area contributed by atoms with E-state index >= 15 is 0 Å². The van der Waals surface area contributed by atoms with Crippen LogP contribution in [0.4, 0.5) is 0 Å². The Bertz CT molecular complexity index is 806. The summed E-state index contributed by atoms with van der Waals surface area (Å²) < 4.78 is 0. The molecule has 0 unspecified atom stereocenters. The number of nitrogens with one attached hydrogen (secondary N) is 2. The van der Waals surface area contributed by atoms with Crippen molar-refractivity contribution in [2.75, 3.05) is 13.1 Å². The van der Waals surface area contributed by atoms with E-state index in [0.29, 0.717) is 22.5 Å². The summed E-state index contributed by atoms with van der Waals surface area (Å²) in [5.41, 5.74) is 0.114. The molecule has 110 valence electrons. The van der Waals surface area contributed by atoms with Crippen LogP contribution in [-0.2, 0) is 0 Å². The second-order valence-corrected chi connectivity index (χ2v) is 5.67. The van der Waals surface area contributed by atoms with Gasteiger partial charge in [-0.2, -0.15) is 0 Å². The maximum atomic E-state index is 12.5. The minimum absolute atomic E-state index is 0.0319. The van der Waals surface area contributed by atoms with Crippen LogP contribution in [0.15, 0.2) is 27.8 Å². The molecule has 3 rings (SSSR count). The standard InChI is InChI=1S/C15H17N3O3/c1-9-3-2-6-18(8-9)15(21)10-4-5-11-12(7-10)17-14(20)13(19)16-11/h4-5,7,9H,2-3,6,8H2,1H3,(H,16,19)(H,17,20)/t9-/m0/s1. The largest absolute Gasteiger partial charge is 0.338 e. The highest BCUT2D eigenvalue weighted by Gasteiger charge is 2.22. The lowest BCUT2D eigenvalue weighted by Crippen LogP contribution is -2.39. The van der Waals surface area contributed by atoms with Crippen molar-refractivity contribution in [3.05, 3.63) is 44.5 Å². The third-order valence-corrected chi connectivity index (χ3v) is 3.91. The summed E-state index contributed by atoms with van der Waals surface area (Å²) in [5, 5.41) is 0. The van der Waals surface area contributed by atoms with Crippen molar-refractivity contribution in [2.45, 2.75) is 19.8 Å². The third-order valence-electron chi connectivity index (χ3n) is 3.91. The van der Waals surface area contributed by atoms with E-state index in [4.69, 9.17) is 0 Å². The number of nitrogens with zero attached hydrogens (tertiary/aromatic N) is 1. The van der Waals surface area contributed by atoms with Crippen molar-refractivity contribution in [1.29, 1.82) is 0 Å². The van der Waals surface area contributed by atoms with Gasteiger partial charge in [-0.15, -0.1) is 0 Å². The molecule has 2 heterocycles. The van der Waals surface area contributed by atoms with E-state index in [0.717, 1.165) is 25.9 Å². The average Bonchev–Trinajstić information content (AvgIpc) is 2.47. The fraction of sp³-hybridized carbons (Fsp3) is 0.400. The maximum Gasteiger partial charge on any atom is 0.314 e. The van der Waals surface area contributed by atoms with Crippen molar-refractivity contribution in [2.24, 2.45) is 5.92 Å². The van der Waals surface area contributed by atoms with Gasteiger partial charge in [0.25, 0.3) is 5.91 Å². The van der Waals surface area contributed by atoms with Gasteiger partial charge in [0.2, 0.25) is 0 Å². The molecule has 1 fully saturated rings. The molecular formula is C15H17N3O3. The monoisotopic (exact) mass is 287 g/mol. The minimum Gasteiger partial charge on any atom is -0.338 e. The SMILES string of the molecule is C[C@H]1CCCN(C(=O)c2ccc3[nH]c(=O)c(=O)[nH]c3c2)C1. The highest BCUT2D eigenvalue weighted by molar-refractivity contribution is 5.97. The number of hydrogen-bond donors (Lipinski definition) is 2. The van der Waals surface area contributed by atoms with Crippen LogP contribution in [0.25, 0.3) is 11.0 Å². The Labute approximate surface area is 120 Å². The number of likely N-dealkylation sites (tertiary alicyclic amines) is 1. The molecule has 6 heteroatoms. The van der Waals surface area contributed by atoms with Gasteiger partial charge in [0.15, 0.2) is 0 Å². The highest BCUT2D eigenvalue weighted by atomic mass is 16.2. The second kappa shape index (κ2) is 5.20. The molecule has 21 heavy (non-hydrogen) atoms. The quantitative estimate of drug-likeness (QED) is 0.770. The van der Waals surface area contributed by atoms with Crippen LogP contribution in [0.5, 0.6) is 0 Å². The number of carbonyl (C=O) groups excluding carboxylic acids is 1. The fourth-order valence-corrected chi connectivity index (χ4v) is 2.80. The molecule has 0 spiro atoms.